The van der Waals surface area contributed by atoms with Gasteiger partial charge in [-0.1, -0.05) is 24.3 Å². The highest BCUT2D eigenvalue weighted by molar-refractivity contribution is 5.93. The van der Waals surface area contributed by atoms with E-state index in [0.717, 1.165) is 101 Å². The number of aromatic nitrogens is 6. The Morgan fingerprint density at radius 2 is 1.43 bits per heavy atom. The van der Waals surface area contributed by atoms with Crippen LogP contribution in [0.1, 0.15) is 58.5 Å². The predicted molar refractivity (Wildman–Crippen MR) is 263 cm³/mol. The lowest BCUT2D eigenvalue weighted by Gasteiger charge is -2.29. The average molecular weight is 933 g/mol. The number of ether oxygens (including phenoxy) is 5. The standard InChI is InChI=1S/C51H68N10O7/c1-31(2)60-49-42(25-54-60)46(21-44(57-49)34-9-7-11-38(18-34)65-28-36(62)23-52-4)56-47-30-67-51-41(47)20-40(68-51)17-32(3)61-50-43(26-55-61)48(59(6)27-33-13-15-64-16-14-33)22-45(58-50)35-10-8-12-39(19-35)66-29-37(63)24-53-5/h7-12,18-19,21-22,25-26,31-33,36-37,40-41,47,51-53,62-63H,13-17,20,23-24,27-30H2,1-6H3,(H,56,57)/t32?,36?,37?,40?,41-,47+,51-/m1/s1. The second-order valence-corrected chi connectivity index (χ2v) is 19.1. The van der Waals surface area contributed by atoms with Gasteiger partial charge in [0, 0.05) is 68.7 Å². The summed E-state index contributed by atoms with van der Waals surface area (Å²) in [5, 5.41) is 42.1. The molecule has 0 saturated carbocycles. The molecule has 3 aliphatic rings. The Labute approximate surface area is 398 Å². The molecule has 0 radical (unpaired) electrons. The molecule has 6 aromatic rings. The second kappa shape index (κ2) is 21.5. The summed E-state index contributed by atoms with van der Waals surface area (Å²) in [6, 6.07) is 20.1. The van der Waals surface area contributed by atoms with E-state index in [4.69, 9.17) is 43.8 Å². The molecule has 5 N–H and O–H groups in total. The highest BCUT2D eigenvalue weighted by Gasteiger charge is 2.46. The summed E-state index contributed by atoms with van der Waals surface area (Å²) >= 11 is 0. The number of hydrogen-bond acceptors (Lipinski definition) is 15. The van der Waals surface area contributed by atoms with Crippen LogP contribution in [0, 0.1) is 11.8 Å². The SMILES string of the molecule is CNCC(O)COc1cccc(-c2cc(N[C@H]3CO[C@@H]4OC(CC(C)n5ncc6c(N(C)CC7CCOCC7)cc(-c7cccc(OCC(O)CNC)c7)nc65)C[C@@H]43)c3cnn(C(C)C)c3n2)c1. The summed E-state index contributed by atoms with van der Waals surface area (Å²) in [6.07, 6.45) is 5.85. The minimum Gasteiger partial charge on any atom is -0.491 e. The van der Waals surface area contributed by atoms with Crippen LogP contribution in [-0.4, -0.2) is 144 Å². The summed E-state index contributed by atoms with van der Waals surface area (Å²) in [5.74, 6) is 1.99. The Kier molecular flexibility index (Phi) is 15.1. The lowest BCUT2D eigenvalue weighted by molar-refractivity contribution is -0.119. The van der Waals surface area contributed by atoms with Gasteiger partial charge in [-0.25, -0.2) is 19.3 Å². The molecular weight excluding hydrogens is 865 g/mol. The number of aliphatic hydroxyl groups is 2. The first kappa shape index (κ1) is 47.7. The van der Waals surface area contributed by atoms with Gasteiger partial charge in [-0.3, -0.25) is 0 Å². The number of nitrogens with zero attached hydrogens (tertiary/aromatic N) is 7. The van der Waals surface area contributed by atoms with E-state index in [1.54, 1.807) is 7.05 Å². The highest BCUT2D eigenvalue weighted by Crippen LogP contribution is 2.42. The first-order chi connectivity index (χ1) is 33.0. The molecule has 68 heavy (non-hydrogen) atoms. The molecule has 364 valence electrons. The van der Waals surface area contributed by atoms with Gasteiger partial charge in [-0.15, -0.1) is 0 Å². The fraction of sp³-hybridized carbons (Fsp3) is 0.529. The van der Waals surface area contributed by atoms with E-state index in [1.807, 2.05) is 66.6 Å². The Balaban J connectivity index is 0.940. The maximum absolute atomic E-state index is 10.3. The molecule has 2 aromatic carbocycles. The number of likely N-dealkylation sites (N-methyl/N-ethyl adjacent to an activating group) is 2. The van der Waals surface area contributed by atoms with Crippen molar-refractivity contribution in [1.82, 2.24) is 40.2 Å². The summed E-state index contributed by atoms with van der Waals surface area (Å²) in [4.78, 5) is 12.8. The van der Waals surface area contributed by atoms with Crippen LogP contribution < -0.4 is 30.3 Å². The van der Waals surface area contributed by atoms with Crippen LogP contribution in [0.2, 0.25) is 0 Å². The first-order valence-corrected chi connectivity index (χ1v) is 24.3. The van der Waals surface area contributed by atoms with Crippen molar-refractivity contribution in [1.29, 1.82) is 0 Å². The van der Waals surface area contributed by atoms with Crippen molar-refractivity contribution in [2.24, 2.45) is 11.8 Å². The van der Waals surface area contributed by atoms with Crippen molar-refractivity contribution in [3.8, 4) is 34.0 Å². The third-order valence-corrected chi connectivity index (χ3v) is 13.4. The maximum atomic E-state index is 10.3. The molecule has 7 heterocycles. The normalized spacial score (nSPS) is 21.1. The monoisotopic (exact) mass is 933 g/mol. The van der Waals surface area contributed by atoms with Crippen LogP contribution in [0.15, 0.2) is 73.1 Å². The molecule has 0 bridgehead atoms. The van der Waals surface area contributed by atoms with Gasteiger partial charge in [0.2, 0.25) is 0 Å². The first-order valence-electron chi connectivity index (χ1n) is 24.3. The van der Waals surface area contributed by atoms with Crippen LogP contribution in [0.25, 0.3) is 44.6 Å². The van der Waals surface area contributed by atoms with Crippen LogP contribution in [0.5, 0.6) is 11.5 Å². The molecule has 0 amide bonds. The third kappa shape index (κ3) is 10.7. The van der Waals surface area contributed by atoms with Gasteiger partial charge in [-0.2, -0.15) is 10.2 Å². The van der Waals surface area contributed by atoms with E-state index < -0.39 is 12.2 Å². The van der Waals surface area contributed by atoms with Gasteiger partial charge in [-0.05, 0) is 103 Å². The molecule has 9 rings (SSSR count). The van der Waals surface area contributed by atoms with Crippen molar-refractivity contribution < 1.29 is 33.9 Å². The highest BCUT2D eigenvalue weighted by atomic mass is 16.7. The van der Waals surface area contributed by atoms with Gasteiger partial charge in [0.25, 0.3) is 0 Å². The van der Waals surface area contributed by atoms with Gasteiger partial charge in [0.15, 0.2) is 17.6 Å². The lowest BCUT2D eigenvalue weighted by atomic mass is 9.95. The zero-order valence-corrected chi connectivity index (χ0v) is 40.2. The average Bonchev–Trinajstić information content (AvgIpc) is 4.15. The summed E-state index contributed by atoms with van der Waals surface area (Å²) in [6.45, 7) is 10.7. The number of aliphatic hydroxyl groups excluding tert-OH is 2. The minimum atomic E-state index is -0.621. The molecule has 3 saturated heterocycles. The fourth-order valence-electron chi connectivity index (χ4n) is 9.91. The van der Waals surface area contributed by atoms with Gasteiger partial charge in [0.05, 0.1) is 65.0 Å². The number of rotatable bonds is 21. The van der Waals surface area contributed by atoms with Gasteiger partial charge < -0.3 is 54.7 Å². The van der Waals surface area contributed by atoms with E-state index in [2.05, 4.69) is 71.6 Å². The zero-order valence-electron chi connectivity index (χ0n) is 40.2. The summed E-state index contributed by atoms with van der Waals surface area (Å²) < 4.78 is 34.7. The van der Waals surface area contributed by atoms with E-state index in [0.29, 0.717) is 37.1 Å². The molecule has 0 spiro atoms. The van der Waals surface area contributed by atoms with Crippen LogP contribution >= 0.6 is 0 Å². The van der Waals surface area contributed by atoms with Crippen LogP contribution in [-0.2, 0) is 14.2 Å². The molecule has 0 aliphatic carbocycles. The smallest absolute Gasteiger partial charge is 0.162 e. The van der Waals surface area contributed by atoms with E-state index in [-0.39, 0.29) is 49.7 Å². The van der Waals surface area contributed by atoms with Gasteiger partial charge in [0.1, 0.15) is 36.9 Å². The molecule has 17 heteroatoms. The third-order valence-electron chi connectivity index (χ3n) is 13.4. The summed E-state index contributed by atoms with van der Waals surface area (Å²) in [5.41, 5.74) is 7.05. The Bertz CT molecular complexity index is 2620. The Morgan fingerprint density at radius 1 is 0.809 bits per heavy atom. The van der Waals surface area contributed by atoms with Gasteiger partial charge >= 0.3 is 0 Å². The molecule has 3 aliphatic heterocycles. The Morgan fingerprint density at radius 3 is 2.07 bits per heavy atom. The van der Waals surface area contributed by atoms with E-state index in [1.165, 1.54) is 0 Å². The summed E-state index contributed by atoms with van der Waals surface area (Å²) in [7, 11) is 5.77. The number of pyridine rings is 2. The molecule has 4 aromatic heterocycles. The van der Waals surface area contributed by atoms with Crippen molar-refractivity contribution in [3.63, 3.8) is 0 Å². The van der Waals surface area contributed by atoms with Crippen molar-refractivity contribution >= 4 is 33.4 Å². The molecule has 3 fully saturated rings. The minimum absolute atomic E-state index is 0.000569. The Hall–Kier alpha value is -5.40. The zero-order chi connectivity index (χ0) is 47.3. The largest absolute Gasteiger partial charge is 0.491 e. The molecule has 4 unspecified atom stereocenters. The molecule has 7 atom stereocenters. The van der Waals surface area contributed by atoms with Crippen molar-refractivity contribution in [2.45, 2.75) is 89.2 Å². The maximum Gasteiger partial charge on any atom is 0.162 e. The second-order valence-electron chi connectivity index (χ2n) is 19.1. The number of nitrogens with one attached hydrogen (secondary N) is 3. The number of anilines is 2. The topological polar surface area (TPSA) is 187 Å². The number of hydrogen-bond donors (Lipinski definition) is 5. The molecule has 17 nitrogen and oxygen atoms in total. The lowest BCUT2D eigenvalue weighted by Crippen LogP contribution is -2.29. The van der Waals surface area contributed by atoms with Crippen LogP contribution in [0.3, 0.4) is 0 Å². The molecular formula is C51H68N10O7. The van der Waals surface area contributed by atoms with Crippen molar-refractivity contribution in [2.75, 3.05) is 84.0 Å². The predicted octanol–water partition coefficient (Wildman–Crippen LogP) is 6.07. The quantitative estimate of drug-likeness (QED) is 0.0560. The fourth-order valence-corrected chi connectivity index (χ4v) is 9.91. The van der Waals surface area contributed by atoms with E-state index >= 15 is 0 Å². The number of benzene rings is 2. The number of fused-ring (bicyclic) bond motifs is 3. The van der Waals surface area contributed by atoms with Crippen molar-refractivity contribution in [3.05, 3.63) is 73.1 Å². The van der Waals surface area contributed by atoms with E-state index in [9.17, 15) is 10.2 Å². The van der Waals surface area contributed by atoms with Crippen LogP contribution in [0.4, 0.5) is 11.4 Å².